The van der Waals surface area contributed by atoms with E-state index in [1.165, 1.54) is 38.5 Å². The van der Waals surface area contributed by atoms with Crippen molar-refractivity contribution >= 4 is 14.3 Å². The molecule has 4 aliphatic carbocycles. The third-order valence-electron chi connectivity index (χ3n) is 13.9. The van der Waals surface area contributed by atoms with E-state index in [1.54, 1.807) is 0 Å². The second-order valence-electron chi connectivity index (χ2n) is 17.1. The van der Waals surface area contributed by atoms with Gasteiger partial charge in [0.05, 0.1) is 12.2 Å². The molecule has 0 amide bonds. The fraction of sp³-hybridized carbons (Fsp3) is 0.971. The van der Waals surface area contributed by atoms with Crippen LogP contribution in [0.4, 0.5) is 0 Å². The molecule has 5 unspecified atom stereocenters. The van der Waals surface area contributed by atoms with Crippen LogP contribution in [0, 0.1) is 46.3 Å². The van der Waals surface area contributed by atoms with Crippen LogP contribution in [0.25, 0.3) is 0 Å². The molecule has 5 aliphatic rings. The van der Waals surface area contributed by atoms with Crippen molar-refractivity contribution in [2.45, 2.75) is 162 Å². The lowest BCUT2D eigenvalue weighted by atomic mass is 9.43. The summed E-state index contributed by atoms with van der Waals surface area (Å²) in [6.45, 7) is 19.3. The highest BCUT2D eigenvalue weighted by Crippen LogP contribution is 2.68. The van der Waals surface area contributed by atoms with E-state index in [1.807, 2.05) is 0 Å². The summed E-state index contributed by atoms with van der Waals surface area (Å²) in [6.07, 6.45) is 14.3. The van der Waals surface area contributed by atoms with Gasteiger partial charge in [0.1, 0.15) is 0 Å². The van der Waals surface area contributed by atoms with E-state index >= 15 is 0 Å². The van der Waals surface area contributed by atoms with Crippen molar-refractivity contribution < 1.29 is 23.8 Å². The number of carbonyl (C=O) groups is 1. The highest BCUT2D eigenvalue weighted by atomic mass is 28.4. The third-order valence-corrected chi connectivity index (χ3v) is 18.2. The van der Waals surface area contributed by atoms with Crippen LogP contribution < -0.4 is 0 Å². The molecule has 1 N–H and O–H groups in total. The molecule has 5 nitrogen and oxygen atoms in total. The molecule has 1 saturated heterocycles. The molecule has 0 radical (unpaired) electrons. The largest absolute Gasteiger partial charge is 0.519 e. The van der Waals surface area contributed by atoms with Crippen LogP contribution in [0.1, 0.15) is 125 Å². The number of rotatable bonds is 7. The zero-order chi connectivity index (χ0) is 29.8. The number of hydrogen-bond acceptors (Lipinski definition) is 5. The van der Waals surface area contributed by atoms with Crippen LogP contribution in [0.2, 0.25) is 18.1 Å². The van der Waals surface area contributed by atoms with E-state index in [2.05, 4.69) is 54.6 Å². The van der Waals surface area contributed by atoms with Gasteiger partial charge in [0.15, 0.2) is 6.29 Å². The maximum absolute atomic E-state index is 12.9. The number of carbonyl (C=O) groups excluding carboxylic acids is 1. The summed E-state index contributed by atoms with van der Waals surface area (Å²) in [5, 5.41) is 11.8. The van der Waals surface area contributed by atoms with E-state index in [-0.39, 0.29) is 34.9 Å². The third kappa shape index (κ3) is 6.11. The van der Waals surface area contributed by atoms with Gasteiger partial charge in [-0.25, -0.2) is 0 Å². The molecule has 1 heterocycles. The smallest absolute Gasteiger partial charge is 0.292 e. The van der Waals surface area contributed by atoms with Crippen LogP contribution in [0.15, 0.2) is 0 Å². The molecule has 5 rings (SSSR count). The van der Waals surface area contributed by atoms with Crippen LogP contribution >= 0.6 is 0 Å². The lowest BCUT2D eigenvalue weighted by Crippen LogP contribution is -2.59. The van der Waals surface area contributed by atoms with Crippen molar-refractivity contribution in [2.75, 3.05) is 6.61 Å². The monoisotopic (exact) mass is 590 g/mol. The standard InChI is InChI=1S/C35H62O5Si/c1-23(12-15-30(37)40-41(7,8)33(2,3)4)26-13-14-27-32-28(17-19-35(26,27)6)34(5)18-16-25(21-24(34)22-29(32)36)39-31-11-9-10-20-38-31/h23-29,31-32,36H,9-22H2,1-8H3/t23-,24?,25-,26+,27?,28?,29-,31?,32?,34-,35+/m0/s1. The Morgan fingerprint density at radius 2 is 1.71 bits per heavy atom. The lowest BCUT2D eigenvalue weighted by molar-refractivity contribution is -0.221. The van der Waals surface area contributed by atoms with Crippen LogP contribution in [-0.4, -0.2) is 44.5 Å². The molecular formula is C35H62O5Si. The molecule has 5 fully saturated rings. The Kier molecular flexibility index (Phi) is 9.22. The van der Waals surface area contributed by atoms with Crippen molar-refractivity contribution in [2.24, 2.45) is 46.3 Å². The van der Waals surface area contributed by atoms with Gasteiger partial charge < -0.3 is 19.0 Å². The van der Waals surface area contributed by atoms with Crippen LogP contribution in [-0.2, 0) is 18.7 Å². The molecule has 0 aromatic rings. The van der Waals surface area contributed by atoms with Crippen molar-refractivity contribution in [3.05, 3.63) is 0 Å². The van der Waals surface area contributed by atoms with Crippen LogP contribution in [0.3, 0.4) is 0 Å². The minimum absolute atomic E-state index is 0.00292. The number of ether oxygens (including phenoxy) is 2. The minimum Gasteiger partial charge on any atom is -0.519 e. The quantitative estimate of drug-likeness (QED) is 0.238. The average Bonchev–Trinajstić information content (AvgIpc) is 3.25. The molecule has 41 heavy (non-hydrogen) atoms. The molecule has 0 aromatic carbocycles. The second kappa shape index (κ2) is 11.8. The Balaban J connectivity index is 1.20. The second-order valence-corrected chi connectivity index (χ2v) is 21.8. The van der Waals surface area contributed by atoms with Gasteiger partial charge in [-0.3, -0.25) is 4.79 Å². The molecule has 11 atom stereocenters. The summed E-state index contributed by atoms with van der Waals surface area (Å²) in [4.78, 5) is 12.9. The average molecular weight is 591 g/mol. The summed E-state index contributed by atoms with van der Waals surface area (Å²) in [6, 6.07) is 0. The Labute approximate surface area is 252 Å². The Morgan fingerprint density at radius 1 is 1.00 bits per heavy atom. The SMILES string of the molecule is C[C@@H](CCC(=O)O[Si](C)(C)C(C)(C)C)[C@H]1CCC2C3C(CC[C@@]21C)[C@@]1(C)CC[C@H](OC2CCCCO2)CC1C[C@@H]3O. The number of aliphatic hydroxyl groups is 1. The molecule has 1 aliphatic heterocycles. The first-order valence-electron chi connectivity index (χ1n) is 17.3. The fourth-order valence-electron chi connectivity index (χ4n) is 10.4. The van der Waals surface area contributed by atoms with Crippen molar-refractivity contribution in [1.82, 2.24) is 0 Å². The zero-order valence-electron chi connectivity index (χ0n) is 27.7. The van der Waals surface area contributed by atoms with Gasteiger partial charge in [0.25, 0.3) is 14.3 Å². The van der Waals surface area contributed by atoms with E-state index in [0.29, 0.717) is 47.3 Å². The number of hydrogen-bond donors (Lipinski definition) is 1. The Bertz CT molecular complexity index is 924. The van der Waals surface area contributed by atoms with Gasteiger partial charge >= 0.3 is 0 Å². The van der Waals surface area contributed by atoms with E-state index < -0.39 is 8.32 Å². The molecule has 4 saturated carbocycles. The molecule has 6 heteroatoms. The van der Waals surface area contributed by atoms with Gasteiger partial charge in [0.2, 0.25) is 0 Å². The Hall–Kier alpha value is -0.433. The zero-order valence-corrected chi connectivity index (χ0v) is 28.7. The van der Waals surface area contributed by atoms with E-state index in [9.17, 15) is 9.90 Å². The predicted octanol–water partition coefficient (Wildman–Crippen LogP) is 8.49. The highest BCUT2D eigenvalue weighted by molar-refractivity contribution is 6.75. The molecule has 0 aromatic heterocycles. The van der Waals surface area contributed by atoms with Crippen molar-refractivity contribution in [1.29, 1.82) is 0 Å². The first kappa shape index (κ1) is 32.0. The summed E-state index contributed by atoms with van der Waals surface area (Å²) >= 11 is 0. The van der Waals surface area contributed by atoms with Crippen LogP contribution in [0.5, 0.6) is 0 Å². The van der Waals surface area contributed by atoms with E-state index in [4.69, 9.17) is 13.9 Å². The first-order chi connectivity index (χ1) is 19.2. The number of aliphatic hydroxyl groups excluding tert-OH is 1. The first-order valence-corrected chi connectivity index (χ1v) is 20.2. The maximum Gasteiger partial charge on any atom is 0.292 e. The molecule has 0 spiro atoms. The topological polar surface area (TPSA) is 65.0 Å². The molecular weight excluding hydrogens is 528 g/mol. The molecule has 0 bridgehead atoms. The summed E-state index contributed by atoms with van der Waals surface area (Å²) in [7, 11) is -2.07. The highest BCUT2D eigenvalue weighted by Gasteiger charge is 2.63. The minimum atomic E-state index is -2.07. The predicted molar refractivity (Wildman–Crippen MR) is 167 cm³/mol. The summed E-state index contributed by atoms with van der Waals surface area (Å²) < 4.78 is 18.5. The van der Waals surface area contributed by atoms with Crippen molar-refractivity contribution in [3.63, 3.8) is 0 Å². The fourth-order valence-corrected chi connectivity index (χ4v) is 11.3. The van der Waals surface area contributed by atoms with E-state index in [0.717, 1.165) is 45.1 Å². The van der Waals surface area contributed by atoms with Gasteiger partial charge in [-0.2, -0.15) is 0 Å². The van der Waals surface area contributed by atoms with Gasteiger partial charge in [-0.05, 0) is 142 Å². The van der Waals surface area contributed by atoms with Crippen molar-refractivity contribution in [3.8, 4) is 0 Å². The van der Waals surface area contributed by atoms with Gasteiger partial charge in [-0.1, -0.05) is 41.5 Å². The summed E-state index contributed by atoms with van der Waals surface area (Å²) in [5.41, 5.74) is 0.586. The molecule has 236 valence electrons. The Morgan fingerprint density at radius 3 is 2.39 bits per heavy atom. The summed E-state index contributed by atoms with van der Waals surface area (Å²) in [5.74, 6) is 3.34. The maximum atomic E-state index is 12.9. The van der Waals surface area contributed by atoms with Gasteiger partial charge in [0, 0.05) is 13.0 Å². The lowest BCUT2D eigenvalue weighted by Gasteiger charge is -2.62. The van der Waals surface area contributed by atoms with Gasteiger partial charge in [-0.15, -0.1) is 0 Å². The number of fused-ring (bicyclic) bond motifs is 5. The normalized spacial score (nSPS) is 43.9.